The molecule has 3 rings (SSSR count). The maximum Gasteiger partial charge on any atom is 0.252 e. The monoisotopic (exact) mass is 366 g/mol. The summed E-state index contributed by atoms with van der Waals surface area (Å²) in [5, 5.41) is 5.36. The average molecular weight is 367 g/mol. The van der Waals surface area contributed by atoms with Crippen LogP contribution in [0.25, 0.3) is 5.03 Å². The normalized spacial score (nSPS) is 14.2. The third-order valence-corrected chi connectivity index (χ3v) is 4.91. The molecule has 0 fully saturated rings. The van der Waals surface area contributed by atoms with Gasteiger partial charge in [-0.05, 0) is 25.1 Å². The Morgan fingerprint density at radius 2 is 2.22 bits per heavy atom. The molecule has 1 aromatic carbocycles. The van der Waals surface area contributed by atoms with Gasteiger partial charge in [-0.2, -0.15) is 5.10 Å². The van der Waals surface area contributed by atoms with Gasteiger partial charge in [-0.1, -0.05) is 23.2 Å². The first-order valence-corrected chi connectivity index (χ1v) is 8.45. The van der Waals surface area contributed by atoms with E-state index in [2.05, 4.69) is 20.5 Å². The van der Waals surface area contributed by atoms with Gasteiger partial charge in [0.2, 0.25) is 5.95 Å². The number of halogens is 2. The van der Waals surface area contributed by atoms with E-state index < -0.39 is 0 Å². The number of fused-ring (bicyclic) bond motifs is 1. The molecule has 0 spiro atoms. The van der Waals surface area contributed by atoms with Crippen LogP contribution in [-0.2, 0) is 0 Å². The van der Waals surface area contributed by atoms with Gasteiger partial charge in [-0.15, -0.1) is 11.8 Å². The van der Waals surface area contributed by atoms with E-state index in [1.54, 1.807) is 24.9 Å². The molecule has 0 saturated carbocycles. The Morgan fingerprint density at radius 1 is 1.39 bits per heavy atom. The van der Waals surface area contributed by atoms with Crippen LogP contribution >= 0.6 is 35.0 Å². The summed E-state index contributed by atoms with van der Waals surface area (Å²) < 4.78 is 0. The Labute approximate surface area is 146 Å². The number of hydrogen-bond donors (Lipinski definition) is 2. The van der Waals surface area contributed by atoms with Crippen molar-refractivity contribution in [1.29, 1.82) is 0 Å². The number of nitrogens with zero attached hydrogens (tertiary/aromatic N) is 2. The topological polar surface area (TPSA) is 70.1 Å². The predicted molar refractivity (Wildman–Crippen MR) is 96.7 cm³/mol. The van der Waals surface area contributed by atoms with Gasteiger partial charge in [0.1, 0.15) is 0 Å². The van der Waals surface area contributed by atoms with Crippen LogP contribution in [0.5, 0.6) is 0 Å². The van der Waals surface area contributed by atoms with Crippen LogP contribution in [0.3, 0.4) is 0 Å². The van der Waals surface area contributed by atoms with Gasteiger partial charge in [0, 0.05) is 38.6 Å². The molecule has 2 aromatic rings. The summed E-state index contributed by atoms with van der Waals surface area (Å²) in [5.74, 6) is 0.992. The van der Waals surface area contributed by atoms with E-state index in [4.69, 9.17) is 23.2 Å². The highest BCUT2D eigenvalue weighted by atomic mass is 35.5. The number of aromatic amines is 1. The van der Waals surface area contributed by atoms with Crippen molar-refractivity contribution in [2.75, 3.05) is 11.2 Å². The molecule has 1 aliphatic heterocycles. The molecule has 1 aliphatic rings. The SMILES string of the molecule is Cc1cc(=O)[nH]c(NN=CC2=C(Cl)c3cc(Cl)ccc3SC2)n1. The first kappa shape index (κ1) is 16.1. The van der Waals surface area contributed by atoms with Crippen molar-refractivity contribution in [3.8, 4) is 0 Å². The third kappa shape index (κ3) is 3.77. The molecule has 2 N–H and O–H groups in total. The zero-order valence-corrected chi connectivity index (χ0v) is 14.4. The molecule has 0 saturated heterocycles. The van der Waals surface area contributed by atoms with Crippen LogP contribution in [0.1, 0.15) is 11.3 Å². The Hall–Kier alpha value is -1.76. The smallest absolute Gasteiger partial charge is 0.252 e. The molecular weight excluding hydrogens is 355 g/mol. The molecule has 1 aromatic heterocycles. The summed E-state index contributed by atoms with van der Waals surface area (Å²) in [6, 6.07) is 7.05. The fraction of sp³-hybridized carbons (Fsp3) is 0.133. The Morgan fingerprint density at radius 3 is 3.00 bits per heavy atom. The summed E-state index contributed by atoms with van der Waals surface area (Å²) in [6.45, 7) is 1.74. The van der Waals surface area contributed by atoms with E-state index in [-0.39, 0.29) is 11.5 Å². The number of hydrogen-bond acceptors (Lipinski definition) is 5. The van der Waals surface area contributed by atoms with E-state index in [1.165, 1.54) is 6.07 Å². The number of benzene rings is 1. The number of anilines is 1. The van der Waals surface area contributed by atoms with Crippen LogP contribution in [0.2, 0.25) is 5.02 Å². The van der Waals surface area contributed by atoms with Crippen molar-refractivity contribution in [2.24, 2.45) is 5.10 Å². The fourth-order valence-electron chi connectivity index (χ4n) is 2.09. The van der Waals surface area contributed by atoms with Crippen LogP contribution in [0, 0.1) is 6.92 Å². The minimum atomic E-state index is -0.232. The van der Waals surface area contributed by atoms with Gasteiger partial charge in [0.15, 0.2) is 0 Å². The molecule has 5 nitrogen and oxygen atoms in total. The van der Waals surface area contributed by atoms with Crippen LogP contribution in [-0.4, -0.2) is 21.9 Å². The van der Waals surface area contributed by atoms with E-state index in [0.29, 0.717) is 21.5 Å². The van der Waals surface area contributed by atoms with Crippen LogP contribution in [0.15, 0.2) is 44.6 Å². The fourth-order valence-corrected chi connectivity index (χ4v) is 3.68. The van der Waals surface area contributed by atoms with Gasteiger partial charge < -0.3 is 0 Å². The molecule has 8 heteroatoms. The lowest BCUT2D eigenvalue weighted by Gasteiger charge is -2.17. The summed E-state index contributed by atoms with van der Waals surface area (Å²) in [5.41, 5.74) is 4.85. The Kier molecular flexibility index (Phi) is 4.75. The minimum Gasteiger partial charge on any atom is -0.291 e. The molecule has 0 aliphatic carbocycles. The van der Waals surface area contributed by atoms with E-state index in [0.717, 1.165) is 16.0 Å². The maximum absolute atomic E-state index is 11.4. The molecule has 0 atom stereocenters. The number of aryl methyl sites for hydroxylation is 1. The second kappa shape index (κ2) is 6.78. The molecule has 118 valence electrons. The average Bonchev–Trinajstić information content (AvgIpc) is 2.49. The molecule has 23 heavy (non-hydrogen) atoms. The molecular formula is C15H12Cl2N4OS. The lowest BCUT2D eigenvalue weighted by molar-refractivity contribution is 1.04. The zero-order valence-electron chi connectivity index (χ0n) is 12.1. The second-order valence-electron chi connectivity index (χ2n) is 4.87. The zero-order chi connectivity index (χ0) is 16.4. The highest BCUT2D eigenvalue weighted by Crippen LogP contribution is 2.39. The predicted octanol–water partition coefficient (Wildman–Crippen LogP) is 3.89. The maximum atomic E-state index is 11.4. The van der Waals surface area contributed by atoms with Crippen molar-refractivity contribution in [2.45, 2.75) is 11.8 Å². The summed E-state index contributed by atoms with van der Waals surface area (Å²) in [4.78, 5) is 19.1. The molecule has 0 bridgehead atoms. The van der Waals surface area contributed by atoms with E-state index in [1.807, 2.05) is 18.2 Å². The number of rotatable bonds is 3. The van der Waals surface area contributed by atoms with Crippen molar-refractivity contribution in [3.63, 3.8) is 0 Å². The summed E-state index contributed by atoms with van der Waals surface area (Å²) >= 11 is 14.1. The Bertz CT molecular complexity index is 876. The van der Waals surface area contributed by atoms with Crippen molar-refractivity contribution >= 4 is 52.2 Å². The largest absolute Gasteiger partial charge is 0.291 e. The van der Waals surface area contributed by atoms with Gasteiger partial charge >= 0.3 is 0 Å². The third-order valence-electron chi connectivity index (χ3n) is 3.10. The van der Waals surface area contributed by atoms with Crippen molar-refractivity contribution < 1.29 is 0 Å². The van der Waals surface area contributed by atoms with E-state index in [9.17, 15) is 4.79 Å². The number of aromatic nitrogens is 2. The second-order valence-corrected chi connectivity index (χ2v) is 6.71. The summed E-state index contributed by atoms with van der Waals surface area (Å²) in [7, 11) is 0. The minimum absolute atomic E-state index is 0.232. The van der Waals surface area contributed by atoms with Gasteiger partial charge in [-0.3, -0.25) is 9.78 Å². The van der Waals surface area contributed by atoms with E-state index >= 15 is 0 Å². The molecule has 2 heterocycles. The number of nitrogens with one attached hydrogen (secondary N) is 2. The summed E-state index contributed by atoms with van der Waals surface area (Å²) in [6.07, 6.45) is 1.63. The first-order chi connectivity index (χ1) is 11.0. The van der Waals surface area contributed by atoms with Gasteiger partial charge in [0.05, 0.1) is 11.2 Å². The van der Waals surface area contributed by atoms with Crippen LogP contribution < -0.4 is 11.0 Å². The van der Waals surface area contributed by atoms with Crippen molar-refractivity contribution in [1.82, 2.24) is 9.97 Å². The number of H-pyrrole nitrogens is 1. The quantitative estimate of drug-likeness (QED) is 0.638. The first-order valence-electron chi connectivity index (χ1n) is 6.71. The highest BCUT2D eigenvalue weighted by molar-refractivity contribution is 7.99. The lowest BCUT2D eigenvalue weighted by atomic mass is 10.1. The molecule has 0 radical (unpaired) electrons. The number of thioether (sulfide) groups is 1. The van der Waals surface area contributed by atoms with Gasteiger partial charge in [-0.25, -0.2) is 10.4 Å². The van der Waals surface area contributed by atoms with Gasteiger partial charge in [0.25, 0.3) is 5.56 Å². The molecule has 0 amide bonds. The highest BCUT2D eigenvalue weighted by Gasteiger charge is 2.17. The Balaban J connectivity index is 1.82. The number of hydrazone groups is 1. The molecule has 0 unspecified atom stereocenters. The lowest BCUT2D eigenvalue weighted by Crippen LogP contribution is -2.10. The standard InChI is InChI=1S/C15H12Cl2N4OS/c1-8-4-13(22)20-15(19-8)21-18-6-9-7-23-12-3-2-10(16)5-11(12)14(9)17/h2-6H,7H2,1H3,(H2,19,20,21,22). The van der Waals surface area contributed by atoms with Crippen molar-refractivity contribution in [3.05, 3.63) is 56.5 Å². The van der Waals surface area contributed by atoms with Crippen LogP contribution in [0.4, 0.5) is 5.95 Å².